The average molecular weight is 363 g/mol. The van der Waals surface area contributed by atoms with E-state index in [2.05, 4.69) is 9.97 Å². The lowest BCUT2D eigenvalue weighted by atomic mass is 9.96. The molecule has 0 radical (unpaired) electrons. The summed E-state index contributed by atoms with van der Waals surface area (Å²) in [7, 11) is -3.35. The second-order valence-electron chi connectivity index (χ2n) is 6.75. The summed E-state index contributed by atoms with van der Waals surface area (Å²) >= 11 is 0. The molecule has 1 amide bonds. The van der Waals surface area contributed by atoms with Gasteiger partial charge in [-0.05, 0) is 38.3 Å². The van der Waals surface area contributed by atoms with Crippen molar-refractivity contribution in [1.82, 2.24) is 14.9 Å². The topological polar surface area (TPSA) is 83.1 Å². The highest BCUT2D eigenvalue weighted by Gasteiger charge is 2.33. The lowest BCUT2D eigenvalue weighted by molar-refractivity contribution is -0.131. The number of benzene rings is 1. The highest BCUT2D eigenvalue weighted by molar-refractivity contribution is 7.92. The normalized spacial score (nSPS) is 17.8. The van der Waals surface area contributed by atoms with E-state index in [-0.39, 0.29) is 17.6 Å². The SMILES string of the molecule is CCCS(=O)(=O)[C@H](C)C(=O)N1CCC(c2nc3ccccc3[nH]2)CC1. The van der Waals surface area contributed by atoms with Gasteiger partial charge in [0.1, 0.15) is 11.1 Å². The first-order valence-corrected chi connectivity index (χ1v) is 10.6. The summed E-state index contributed by atoms with van der Waals surface area (Å²) in [6.07, 6.45) is 2.13. The van der Waals surface area contributed by atoms with E-state index < -0.39 is 15.1 Å². The standard InChI is InChI=1S/C18H25N3O3S/c1-3-12-25(23,24)13(2)18(22)21-10-8-14(9-11-21)17-19-15-6-4-5-7-16(15)20-17/h4-7,13-14H,3,8-12H2,1-2H3,(H,19,20)/t13-/m1/s1. The van der Waals surface area contributed by atoms with Gasteiger partial charge in [-0.3, -0.25) is 4.79 Å². The van der Waals surface area contributed by atoms with E-state index in [1.165, 1.54) is 6.92 Å². The molecule has 1 aromatic carbocycles. The Labute approximate surface area is 148 Å². The van der Waals surface area contributed by atoms with Crippen LogP contribution in [0.4, 0.5) is 0 Å². The van der Waals surface area contributed by atoms with Gasteiger partial charge in [-0.2, -0.15) is 0 Å². The molecule has 2 heterocycles. The van der Waals surface area contributed by atoms with Gasteiger partial charge in [0.25, 0.3) is 0 Å². The van der Waals surface area contributed by atoms with Crippen LogP contribution in [-0.2, 0) is 14.6 Å². The number of imidazole rings is 1. The molecule has 6 nitrogen and oxygen atoms in total. The molecule has 0 saturated carbocycles. The molecule has 1 atom stereocenters. The summed E-state index contributed by atoms with van der Waals surface area (Å²) in [5.74, 6) is 1.03. The summed E-state index contributed by atoms with van der Waals surface area (Å²) in [4.78, 5) is 22.2. The molecule has 1 aliphatic rings. The zero-order valence-corrected chi connectivity index (χ0v) is 15.6. The Balaban J connectivity index is 1.64. The van der Waals surface area contributed by atoms with Gasteiger partial charge in [0, 0.05) is 19.0 Å². The fourth-order valence-electron chi connectivity index (χ4n) is 3.41. The van der Waals surface area contributed by atoms with Crippen LogP contribution in [0.1, 0.15) is 44.9 Å². The Morgan fingerprint density at radius 2 is 2.00 bits per heavy atom. The van der Waals surface area contributed by atoms with Crippen LogP contribution < -0.4 is 0 Å². The number of aromatic nitrogens is 2. The van der Waals surface area contributed by atoms with Crippen molar-refractivity contribution in [3.63, 3.8) is 0 Å². The van der Waals surface area contributed by atoms with Crippen molar-refractivity contribution >= 4 is 26.8 Å². The van der Waals surface area contributed by atoms with Crippen LogP contribution in [0.15, 0.2) is 24.3 Å². The maximum atomic E-state index is 12.5. The molecule has 1 aliphatic heterocycles. The average Bonchev–Trinajstić information content (AvgIpc) is 3.04. The van der Waals surface area contributed by atoms with Gasteiger partial charge in [0.05, 0.1) is 16.8 Å². The van der Waals surface area contributed by atoms with Crippen molar-refractivity contribution < 1.29 is 13.2 Å². The minimum absolute atomic E-state index is 0.0648. The summed E-state index contributed by atoms with van der Waals surface area (Å²) in [5, 5.41) is -0.949. The smallest absolute Gasteiger partial charge is 0.240 e. The number of rotatable bonds is 5. The molecule has 0 bridgehead atoms. The summed E-state index contributed by atoms with van der Waals surface area (Å²) < 4.78 is 24.3. The molecule has 0 aliphatic carbocycles. The molecule has 1 saturated heterocycles. The molecule has 7 heteroatoms. The third-order valence-corrected chi connectivity index (χ3v) is 7.23. The number of nitrogens with one attached hydrogen (secondary N) is 1. The van der Waals surface area contributed by atoms with Crippen LogP contribution in [0.2, 0.25) is 0 Å². The Hall–Kier alpha value is -1.89. The largest absolute Gasteiger partial charge is 0.342 e. The van der Waals surface area contributed by atoms with Crippen molar-refractivity contribution in [2.24, 2.45) is 0 Å². The Morgan fingerprint density at radius 1 is 1.32 bits per heavy atom. The lowest BCUT2D eigenvalue weighted by Crippen LogP contribution is -2.45. The second-order valence-corrected chi connectivity index (χ2v) is 9.19. The number of nitrogens with zero attached hydrogens (tertiary/aromatic N) is 2. The van der Waals surface area contributed by atoms with Gasteiger partial charge in [-0.15, -0.1) is 0 Å². The number of hydrogen-bond acceptors (Lipinski definition) is 4. The number of carbonyl (C=O) groups excluding carboxylic acids is 1. The number of H-pyrrole nitrogens is 1. The first-order chi connectivity index (χ1) is 11.9. The quantitative estimate of drug-likeness (QED) is 0.885. The van der Waals surface area contributed by atoms with Gasteiger partial charge >= 0.3 is 0 Å². The van der Waals surface area contributed by atoms with E-state index >= 15 is 0 Å². The minimum atomic E-state index is -3.35. The molecule has 2 aromatic rings. The predicted octanol–water partition coefficient (Wildman–Crippen LogP) is 2.48. The maximum Gasteiger partial charge on any atom is 0.240 e. The molecule has 25 heavy (non-hydrogen) atoms. The van der Waals surface area contributed by atoms with E-state index in [1.54, 1.807) is 4.90 Å². The van der Waals surface area contributed by atoms with E-state index in [1.807, 2.05) is 31.2 Å². The van der Waals surface area contributed by atoms with E-state index in [0.29, 0.717) is 19.5 Å². The van der Waals surface area contributed by atoms with Crippen molar-refractivity contribution in [1.29, 1.82) is 0 Å². The molecule has 0 unspecified atom stereocenters. The van der Waals surface area contributed by atoms with Gasteiger partial charge in [-0.1, -0.05) is 19.1 Å². The van der Waals surface area contributed by atoms with E-state index in [4.69, 9.17) is 0 Å². The van der Waals surface area contributed by atoms with Crippen molar-refractivity contribution in [2.75, 3.05) is 18.8 Å². The van der Waals surface area contributed by atoms with Gasteiger partial charge < -0.3 is 9.88 Å². The highest BCUT2D eigenvalue weighted by Crippen LogP contribution is 2.28. The fraction of sp³-hybridized carbons (Fsp3) is 0.556. The number of piperidine rings is 1. The highest BCUT2D eigenvalue weighted by atomic mass is 32.2. The number of fused-ring (bicyclic) bond motifs is 1. The van der Waals surface area contributed by atoms with Gasteiger partial charge in [0.2, 0.25) is 5.91 Å². The summed E-state index contributed by atoms with van der Waals surface area (Å²) in [6, 6.07) is 7.93. The Morgan fingerprint density at radius 3 is 2.64 bits per heavy atom. The minimum Gasteiger partial charge on any atom is -0.342 e. The first-order valence-electron chi connectivity index (χ1n) is 8.87. The molecule has 0 spiro atoms. The Bertz CT molecular complexity index is 818. The van der Waals surface area contributed by atoms with Crippen LogP contribution in [-0.4, -0.2) is 53.3 Å². The third-order valence-electron chi connectivity index (χ3n) is 4.98. The zero-order chi connectivity index (χ0) is 18.0. The number of amides is 1. The monoisotopic (exact) mass is 363 g/mol. The lowest BCUT2D eigenvalue weighted by Gasteiger charge is -2.32. The van der Waals surface area contributed by atoms with Gasteiger partial charge in [0.15, 0.2) is 9.84 Å². The number of hydrogen-bond donors (Lipinski definition) is 1. The number of likely N-dealkylation sites (tertiary alicyclic amines) is 1. The summed E-state index contributed by atoms with van der Waals surface area (Å²) in [5.41, 5.74) is 1.98. The Kier molecular flexibility index (Phi) is 5.13. The van der Waals surface area contributed by atoms with Gasteiger partial charge in [-0.25, -0.2) is 13.4 Å². The van der Waals surface area contributed by atoms with Crippen molar-refractivity contribution in [2.45, 2.75) is 44.3 Å². The second kappa shape index (κ2) is 7.15. The molecule has 1 fully saturated rings. The third kappa shape index (κ3) is 3.71. The number of carbonyl (C=O) groups is 1. The van der Waals surface area contributed by atoms with Crippen molar-refractivity contribution in [3.05, 3.63) is 30.1 Å². The van der Waals surface area contributed by atoms with E-state index in [0.717, 1.165) is 29.7 Å². The first kappa shape index (κ1) is 17.9. The molecule has 136 valence electrons. The zero-order valence-electron chi connectivity index (χ0n) is 14.7. The van der Waals surface area contributed by atoms with Crippen LogP contribution >= 0.6 is 0 Å². The van der Waals surface area contributed by atoms with Crippen LogP contribution in [0, 0.1) is 0 Å². The molecule has 3 rings (SSSR count). The number of para-hydroxylation sites is 2. The number of aromatic amines is 1. The molecular formula is C18H25N3O3S. The van der Waals surface area contributed by atoms with E-state index in [9.17, 15) is 13.2 Å². The predicted molar refractivity (Wildman–Crippen MR) is 98.2 cm³/mol. The maximum absolute atomic E-state index is 12.5. The fourth-order valence-corrected chi connectivity index (χ4v) is 4.79. The molecule has 1 N–H and O–H groups in total. The number of sulfone groups is 1. The van der Waals surface area contributed by atoms with Crippen molar-refractivity contribution in [3.8, 4) is 0 Å². The van der Waals surface area contributed by atoms with Crippen LogP contribution in [0.5, 0.6) is 0 Å². The molecular weight excluding hydrogens is 338 g/mol. The molecule has 1 aromatic heterocycles. The summed E-state index contributed by atoms with van der Waals surface area (Å²) in [6.45, 7) is 4.48. The van der Waals surface area contributed by atoms with Crippen LogP contribution in [0.25, 0.3) is 11.0 Å². The van der Waals surface area contributed by atoms with Crippen LogP contribution in [0.3, 0.4) is 0 Å².